The molecular formula is C13H18N2O. The second-order valence-corrected chi connectivity index (χ2v) is 4.28. The fourth-order valence-corrected chi connectivity index (χ4v) is 1.84. The lowest BCUT2D eigenvalue weighted by Crippen LogP contribution is -2.14. The van der Waals surface area contributed by atoms with Crippen LogP contribution in [-0.4, -0.2) is 37.6 Å². The number of nitrogens with one attached hydrogen (secondary N) is 1. The third kappa shape index (κ3) is 2.19. The second-order valence-electron chi connectivity index (χ2n) is 4.28. The van der Waals surface area contributed by atoms with Crippen molar-refractivity contribution in [3.05, 3.63) is 30.0 Å². The van der Waals surface area contributed by atoms with Gasteiger partial charge >= 0.3 is 0 Å². The van der Waals surface area contributed by atoms with Crippen LogP contribution < -0.4 is 4.74 Å². The zero-order valence-corrected chi connectivity index (χ0v) is 10.1. The fourth-order valence-electron chi connectivity index (χ4n) is 1.84. The summed E-state index contributed by atoms with van der Waals surface area (Å²) in [5.41, 5.74) is 2.53. The molecule has 86 valence electrons. The van der Waals surface area contributed by atoms with Gasteiger partial charge in [-0.2, -0.15) is 0 Å². The first-order valence-electron chi connectivity index (χ1n) is 5.49. The molecular weight excluding hydrogens is 202 g/mol. The maximum atomic E-state index is 5.25. The molecule has 0 radical (unpaired) electrons. The first-order chi connectivity index (χ1) is 7.70. The zero-order chi connectivity index (χ0) is 11.5. The normalized spacial score (nSPS) is 11.2. The highest BCUT2D eigenvalue weighted by Crippen LogP contribution is 2.23. The molecule has 3 nitrogen and oxygen atoms in total. The lowest BCUT2D eigenvalue weighted by Gasteiger charge is -2.08. The first-order valence-corrected chi connectivity index (χ1v) is 5.49. The summed E-state index contributed by atoms with van der Waals surface area (Å²) in [7, 11) is 5.89. The molecule has 0 aliphatic heterocycles. The van der Waals surface area contributed by atoms with E-state index in [1.54, 1.807) is 7.11 Å². The van der Waals surface area contributed by atoms with Crippen molar-refractivity contribution in [1.82, 2.24) is 9.88 Å². The molecule has 0 saturated carbocycles. The van der Waals surface area contributed by atoms with Gasteiger partial charge in [-0.15, -0.1) is 0 Å². The Morgan fingerprint density at radius 1 is 1.31 bits per heavy atom. The predicted molar refractivity (Wildman–Crippen MR) is 67.1 cm³/mol. The molecule has 2 rings (SSSR count). The minimum atomic E-state index is 0.915. The first kappa shape index (κ1) is 11.0. The highest BCUT2D eigenvalue weighted by molar-refractivity contribution is 5.84. The van der Waals surface area contributed by atoms with E-state index in [-0.39, 0.29) is 0 Å². The molecule has 1 aromatic carbocycles. The van der Waals surface area contributed by atoms with E-state index < -0.39 is 0 Å². The van der Waals surface area contributed by atoms with E-state index in [1.807, 2.05) is 6.07 Å². The number of aromatic amines is 1. The van der Waals surface area contributed by atoms with E-state index in [4.69, 9.17) is 4.74 Å². The number of benzene rings is 1. The molecule has 0 atom stereocenters. The van der Waals surface area contributed by atoms with E-state index in [0.717, 1.165) is 18.7 Å². The topological polar surface area (TPSA) is 28.3 Å². The van der Waals surface area contributed by atoms with Crippen LogP contribution in [0.4, 0.5) is 0 Å². The predicted octanol–water partition coefficient (Wildman–Crippen LogP) is 2.28. The van der Waals surface area contributed by atoms with Gasteiger partial charge in [-0.3, -0.25) is 0 Å². The Morgan fingerprint density at radius 3 is 2.81 bits per heavy atom. The Bertz CT molecular complexity index is 474. The molecule has 0 saturated heterocycles. The number of methoxy groups -OCH3 is 1. The molecule has 1 N–H and O–H groups in total. The highest BCUT2D eigenvalue weighted by atomic mass is 16.5. The maximum absolute atomic E-state index is 5.25. The van der Waals surface area contributed by atoms with Crippen LogP contribution in [0, 0.1) is 0 Å². The summed E-state index contributed by atoms with van der Waals surface area (Å²) in [6.07, 6.45) is 3.15. The number of nitrogens with zero attached hydrogens (tertiary/aromatic N) is 1. The largest absolute Gasteiger partial charge is 0.497 e. The monoisotopic (exact) mass is 220 g/mol. The zero-order valence-electron chi connectivity index (χ0n) is 10.1. The van der Waals surface area contributed by atoms with E-state index in [0.29, 0.717) is 0 Å². The second kappa shape index (κ2) is 4.58. The standard InChI is InChI=1S/C13H18N2O/c1-15(2)7-6-10-9-14-13-5-4-11(16-3)8-12(10)13/h4-5,8-9,14H,6-7H2,1-3H3/i1+1,2+1. The van der Waals surface area contributed by atoms with Gasteiger partial charge in [0.1, 0.15) is 5.75 Å². The number of H-pyrrole nitrogens is 1. The summed E-state index contributed by atoms with van der Waals surface area (Å²) in [5, 5.41) is 1.27. The molecule has 0 bridgehead atoms. The van der Waals surface area contributed by atoms with Gasteiger partial charge in [0.15, 0.2) is 0 Å². The third-order valence-corrected chi connectivity index (χ3v) is 2.80. The number of ether oxygens (including phenoxy) is 1. The summed E-state index contributed by atoms with van der Waals surface area (Å²) < 4.78 is 5.25. The van der Waals surface area contributed by atoms with Gasteiger partial charge in [0.05, 0.1) is 7.11 Å². The Hall–Kier alpha value is -1.48. The Balaban J connectivity index is 2.30. The average molecular weight is 220 g/mol. The number of rotatable bonds is 4. The molecule has 0 fully saturated rings. The van der Waals surface area contributed by atoms with Crippen molar-refractivity contribution in [2.75, 3.05) is 27.7 Å². The fraction of sp³-hybridized carbons (Fsp3) is 0.385. The van der Waals surface area contributed by atoms with Crippen LogP contribution in [0.1, 0.15) is 5.56 Å². The summed E-state index contributed by atoms with van der Waals surface area (Å²) in [6, 6.07) is 6.14. The van der Waals surface area contributed by atoms with Crippen LogP contribution >= 0.6 is 0 Å². The Labute approximate surface area is 96.0 Å². The van der Waals surface area contributed by atoms with Crippen LogP contribution in [0.3, 0.4) is 0 Å². The Morgan fingerprint density at radius 2 is 2.12 bits per heavy atom. The molecule has 1 aromatic heterocycles. The number of hydrogen-bond acceptors (Lipinski definition) is 2. The quantitative estimate of drug-likeness (QED) is 0.801. The summed E-state index contributed by atoms with van der Waals surface area (Å²) in [5.74, 6) is 0.915. The van der Waals surface area contributed by atoms with E-state index in [1.165, 1.54) is 16.5 Å². The SMILES string of the molecule is COc1ccc2[nH]cc(CCN([13CH3])[13CH3])c2c1. The highest BCUT2D eigenvalue weighted by Gasteiger charge is 2.05. The molecule has 3 heteroatoms. The van der Waals surface area contributed by atoms with Gasteiger partial charge in [-0.1, -0.05) is 0 Å². The molecule has 16 heavy (non-hydrogen) atoms. The van der Waals surface area contributed by atoms with Gasteiger partial charge in [-0.25, -0.2) is 0 Å². The van der Waals surface area contributed by atoms with Gasteiger partial charge in [0.25, 0.3) is 0 Å². The minimum absolute atomic E-state index is 0.915. The number of hydrogen-bond donors (Lipinski definition) is 1. The van der Waals surface area contributed by atoms with Crippen LogP contribution in [0.5, 0.6) is 5.75 Å². The number of aromatic nitrogens is 1. The summed E-state index contributed by atoms with van der Waals surface area (Å²) in [6.45, 7) is 1.06. The van der Waals surface area contributed by atoms with Crippen molar-refractivity contribution < 1.29 is 4.74 Å². The van der Waals surface area contributed by atoms with Gasteiger partial charge in [-0.05, 0) is 44.3 Å². The molecule has 0 amide bonds. The average Bonchev–Trinajstić information content (AvgIpc) is 2.68. The smallest absolute Gasteiger partial charge is 0.119 e. The minimum Gasteiger partial charge on any atom is -0.497 e. The number of fused-ring (bicyclic) bond motifs is 1. The number of likely N-dealkylation sites (N-methyl/N-ethyl adjacent to an activating group) is 1. The summed E-state index contributed by atoms with van der Waals surface area (Å²) in [4.78, 5) is 5.48. The van der Waals surface area contributed by atoms with Crippen LogP contribution in [0.15, 0.2) is 24.4 Å². The van der Waals surface area contributed by atoms with Crippen LogP contribution in [-0.2, 0) is 6.42 Å². The Kier molecular flexibility index (Phi) is 3.15. The molecule has 0 aliphatic rings. The van der Waals surface area contributed by atoms with Crippen LogP contribution in [0.2, 0.25) is 0 Å². The summed E-state index contributed by atoms with van der Waals surface area (Å²) >= 11 is 0. The lowest BCUT2D eigenvalue weighted by atomic mass is 10.1. The van der Waals surface area contributed by atoms with Crippen molar-refractivity contribution in [2.45, 2.75) is 6.42 Å². The van der Waals surface area contributed by atoms with Crippen LogP contribution in [0.25, 0.3) is 10.9 Å². The molecule has 0 spiro atoms. The molecule has 0 unspecified atom stereocenters. The van der Waals surface area contributed by atoms with Gasteiger partial charge < -0.3 is 14.6 Å². The maximum Gasteiger partial charge on any atom is 0.119 e. The molecule has 2 aromatic rings. The van der Waals surface area contributed by atoms with Crippen molar-refractivity contribution in [3.8, 4) is 5.75 Å². The molecule has 1 heterocycles. The van der Waals surface area contributed by atoms with Crippen molar-refractivity contribution >= 4 is 10.9 Å². The van der Waals surface area contributed by atoms with Crippen molar-refractivity contribution in [2.24, 2.45) is 0 Å². The van der Waals surface area contributed by atoms with E-state index >= 15 is 0 Å². The van der Waals surface area contributed by atoms with Crippen molar-refractivity contribution in [3.63, 3.8) is 0 Å². The van der Waals surface area contributed by atoms with Gasteiger partial charge in [0, 0.05) is 23.6 Å². The molecule has 0 aliphatic carbocycles. The van der Waals surface area contributed by atoms with E-state index in [2.05, 4.69) is 42.3 Å². The van der Waals surface area contributed by atoms with Gasteiger partial charge in [0.2, 0.25) is 0 Å². The third-order valence-electron chi connectivity index (χ3n) is 2.80. The van der Waals surface area contributed by atoms with Crippen molar-refractivity contribution in [1.29, 1.82) is 0 Å². The van der Waals surface area contributed by atoms with E-state index in [9.17, 15) is 0 Å². The lowest BCUT2D eigenvalue weighted by molar-refractivity contribution is 0.413.